The number of rotatable bonds is 6. The van der Waals surface area contributed by atoms with E-state index in [1.54, 1.807) is 32.9 Å². The Morgan fingerprint density at radius 2 is 1.71 bits per heavy atom. The van der Waals surface area contributed by atoms with Gasteiger partial charge < -0.3 is 15.7 Å². The Kier molecular flexibility index (Phi) is 5.59. The largest absolute Gasteiger partial charge is 0.391 e. The third-order valence-electron chi connectivity index (χ3n) is 4.33. The van der Waals surface area contributed by atoms with Crippen LogP contribution in [0.4, 0.5) is 4.39 Å². The fourth-order valence-electron chi connectivity index (χ4n) is 2.64. The highest BCUT2D eigenvalue weighted by Gasteiger charge is 2.34. The van der Waals surface area contributed by atoms with Gasteiger partial charge in [0.2, 0.25) is 11.8 Å². The fraction of sp³-hybridized carbons (Fsp3) is 0.556. The number of hydrogen-bond donors (Lipinski definition) is 3. The van der Waals surface area contributed by atoms with Crippen molar-refractivity contribution >= 4 is 11.8 Å². The van der Waals surface area contributed by atoms with E-state index in [-0.39, 0.29) is 23.7 Å². The molecular formula is C18H25FN2O3. The van der Waals surface area contributed by atoms with Crippen LogP contribution in [0.2, 0.25) is 0 Å². The van der Waals surface area contributed by atoms with Gasteiger partial charge in [0.05, 0.1) is 12.1 Å². The Morgan fingerprint density at radius 3 is 2.17 bits per heavy atom. The van der Waals surface area contributed by atoms with Gasteiger partial charge >= 0.3 is 0 Å². The number of carbonyl (C=O) groups excluding carboxylic acids is 2. The highest BCUT2D eigenvalue weighted by atomic mass is 19.1. The molecule has 5 nitrogen and oxygen atoms in total. The van der Waals surface area contributed by atoms with Crippen LogP contribution in [0.1, 0.15) is 49.4 Å². The van der Waals surface area contributed by atoms with Crippen molar-refractivity contribution in [1.82, 2.24) is 10.6 Å². The maximum atomic E-state index is 13.7. The molecule has 6 heteroatoms. The highest BCUT2D eigenvalue weighted by Crippen LogP contribution is 2.29. The van der Waals surface area contributed by atoms with Crippen molar-refractivity contribution in [1.29, 1.82) is 0 Å². The maximum Gasteiger partial charge on any atom is 0.245 e. The SMILES string of the molecule is Cc1cc(C(C)NC(=O)C(NC(=O)C2CC2)C(C)O)cc(C)c1F. The topological polar surface area (TPSA) is 78.4 Å². The van der Waals surface area contributed by atoms with Crippen molar-refractivity contribution in [3.63, 3.8) is 0 Å². The van der Waals surface area contributed by atoms with Gasteiger partial charge in [-0.05, 0) is 57.2 Å². The van der Waals surface area contributed by atoms with E-state index in [9.17, 15) is 19.1 Å². The van der Waals surface area contributed by atoms with Crippen molar-refractivity contribution in [2.45, 2.75) is 58.7 Å². The fourth-order valence-corrected chi connectivity index (χ4v) is 2.64. The minimum Gasteiger partial charge on any atom is -0.391 e. The standard InChI is InChI=1S/C18H25FN2O3/c1-9-7-14(8-10(2)15(9)19)11(3)20-18(24)16(12(4)22)21-17(23)13-5-6-13/h7-8,11-13,16,22H,5-6H2,1-4H3,(H,20,24)(H,21,23). The molecule has 0 heterocycles. The Bertz CT molecular complexity index is 618. The second-order valence-corrected chi connectivity index (χ2v) is 6.70. The molecule has 3 unspecified atom stereocenters. The van der Waals surface area contributed by atoms with Crippen molar-refractivity contribution in [2.75, 3.05) is 0 Å². The molecule has 1 aliphatic rings. The summed E-state index contributed by atoms with van der Waals surface area (Å²) in [4.78, 5) is 24.3. The van der Waals surface area contributed by atoms with Gasteiger partial charge in [0, 0.05) is 5.92 Å². The molecule has 0 bridgehead atoms. The minimum absolute atomic E-state index is 0.0427. The lowest BCUT2D eigenvalue weighted by atomic mass is 10.0. The van der Waals surface area contributed by atoms with Crippen LogP contribution in [0.5, 0.6) is 0 Å². The van der Waals surface area contributed by atoms with Gasteiger partial charge in [-0.25, -0.2) is 4.39 Å². The third-order valence-corrected chi connectivity index (χ3v) is 4.33. The van der Waals surface area contributed by atoms with E-state index in [2.05, 4.69) is 10.6 Å². The van der Waals surface area contributed by atoms with E-state index in [1.807, 2.05) is 0 Å². The summed E-state index contributed by atoms with van der Waals surface area (Å²) in [6.07, 6.45) is 0.645. The first-order valence-electron chi connectivity index (χ1n) is 8.26. The summed E-state index contributed by atoms with van der Waals surface area (Å²) in [6.45, 7) is 6.60. The highest BCUT2D eigenvalue weighted by molar-refractivity contribution is 5.89. The quantitative estimate of drug-likeness (QED) is 0.742. The van der Waals surface area contributed by atoms with Crippen LogP contribution < -0.4 is 10.6 Å². The molecule has 1 aliphatic carbocycles. The Labute approximate surface area is 141 Å². The number of benzene rings is 1. The smallest absolute Gasteiger partial charge is 0.245 e. The summed E-state index contributed by atoms with van der Waals surface area (Å²) >= 11 is 0. The molecule has 0 aliphatic heterocycles. The van der Waals surface area contributed by atoms with Crippen LogP contribution in [-0.4, -0.2) is 29.1 Å². The van der Waals surface area contributed by atoms with Gasteiger partial charge in [-0.3, -0.25) is 9.59 Å². The second kappa shape index (κ2) is 7.30. The van der Waals surface area contributed by atoms with Crippen molar-refractivity contribution in [3.8, 4) is 0 Å². The molecule has 0 aromatic heterocycles. The summed E-state index contributed by atoms with van der Waals surface area (Å²) in [5, 5.41) is 15.2. The summed E-state index contributed by atoms with van der Waals surface area (Å²) in [5.41, 5.74) is 1.80. The third kappa shape index (κ3) is 4.32. The van der Waals surface area contributed by atoms with Crippen LogP contribution in [-0.2, 0) is 9.59 Å². The first-order chi connectivity index (χ1) is 11.2. The lowest BCUT2D eigenvalue weighted by Crippen LogP contribution is -2.53. The molecule has 1 aromatic carbocycles. The lowest BCUT2D eigenvalue weighted by molar-refractivity contribution is -0.132. The minimum atomic E-state index is -1.00. The van der Waals surface area contributed by atoms with E-state index in [0.29, 0.717) is 11.1 Å². The van der Waals surface area contributed by atoms with E-state index < -0.39 is 18.1 Å². The molecular weight excluding hydrogens is 311 g/mol. The van der Waals surface area contributed by atoms with Crippen LogP contribution >= 0.6 is 0 Å². The van der Waals surface area contributed by atoms with Gasteiger partial charge in [0.15, 0.2) is 0 Å². The van der Waals surface area contributed by atoms with Gasteiger partial charge in [-0.15, -0.1) is 0 Å². The van der Waals surface area contributed by atoms with E-state index >= 15 is 0 Å². The summed E-state index contributed by atoms with van der Waals surface area (Å²) in [6, 6.07) is 2.01. The Morgan fingerprint density at radius 1 is 1.17 bits per heavy atom. The molecule has 0 saturated heterocycles. The predicted octanol–water partition coefficient (Wildman–Crippen LogP) is 1.90. The molecule has 2 rings (SSSR count). The Hall–Kier alpha value is -1.95. The van der Waals surface area contributed by atoms with Crippen molar-refractivity contribution < 1.29 is 19.1 Å². The number of aryl methyl sites for hydroxylation is 2. The van der Waals surface area contributed by atoms with Crippen LogP contribution in [0, 0.1) is 25.6 Å². The molecule has 1 aromatic rings. The van der Waals surface area contributed by atoms with Crippen molar-refractivity contribution in [2.24, 2.45) is 5.92 Å². The Balaban J connectivity index is 2.06. The number of amides is 2. The number of carbonyl (C=O) groups is 2. The van der Waals surface area contributed by atoms with Crippen LogP contribution in [0.3, 0.4) is 0 Å². The summed E-state index contributed by atoms with van der Waals surface area (Å²) in [5.74, 6) is -0.946. The van der Waals surface area contributed by atoms with Crippen LogP contribution in [0.15, 0.2) is 12.1 Å². The first-order valence-corrected chi connectivity index (χ1v) is 8.26. The monoisotopic (exact) mass is 336 g/mol. The zero-order valence-corrected chi connectivity index (χ0v) is 14.5. The second-order valence-electron chi connectivity index (χ2n) is 6.70. The number of aliphatic hydroxyl groups excluding tert-OH is 1. The molecule has 24 heavy (non-hydrogen) atoms. The number of halogens is 1. The van der Waals surface area contributed by atoms with Gasteiger partial charge in [0.1, 0.15) is 11.9 Å². The molecule has 3 N–H and O–H groups in total. The average molecular weight is 336 g/mol. The molecule has 132 valence electrons. The molecule has 0 radical (unpaired) electrons. The summed E-state index contributed by atoms with van der Waals surface area (Å²) in [7, 11) is 0. The number of hydrogen-bond acceptors (Lipinski definition) is 3. The van der Waals surface area contributed by atoms with Crippen molar-refractivity contribution in [3.05, 3.63) is 34.6 Å². The maximum absolute atomic E-state index is 13.7. The zero-order chi connectivity index (χ0) is 18.0. The molecule has 3 atom stereocenters. The predicted molar refractivity (Wildman–Crippen MR) is 88.8 cm³/mol. The molecule has 1 saturated carbocycles. The average Bonchev–Trinajstić information content (AvgIpc) is 3.33. The van der Waals surface area contributed by atoms with E-state index in [4.69, 9.17) is 0 Å². The van der Waals surface area contributed by atoms with E-state index in [1.165, 1.54) is 6.92 Å². The first kappa shape index (κ1) is 18.4. The summed E-state index contributed by atoms with van der Waals surface area (Å²) < 4.78 is 13.7. The molecule has 1 fully saturated rings. The molecule has 0 spiro atoms. The number of aliphatic hydroxyl groups is 1. The van der Waals surface area contributed by atoms with Crippen LogP contribution in [0.25, 0.3) is 0 Å². The number of nitrogens with one attached hydrogen (secondary N) is 2. The molecule has 2 amide bonds. The van der Waals surface area contributed by atoms with Gasteiger partial charge in [-0.1, -0.05) is 12.1 Å². The van der Waals surface area contributed by atoms with Gasteiger partial charge in [0.25, 0.3) is 0 Å². The van der Waals surface area contributed by atoms with Gasteiger partial charge in [-0.2, -0.15) is 0 Å². The zero-order valence-electron chi connectivity index (χ0n) is 14.5. The van der Waals surface area contributed by atoms with E-state index in [0.717, 1.165) is 18.4 Å². The lowest BCUT2D eigenvalue weighted by Gasteiger charge is -2.24. The normalized spacial score (nSPS) is 17.8.